The van der Waals surface area contributed by atoms with Crippen molar-refractivity contribution < 1.29 is 0 Å². The van der Waals surface area contributed by atoms with E-state index in [2.05, 4.69) is 67.8 Å². The molecular weight excluding hydrogens is 232 g/mol. The molecule has 0 aliphatic heterocycles. The molecule has 0 saturated carbocycles. The van der Waals surface area contributed by atoms with Crippen molar-refractivity contribution in [3.63, 3.8) is 0 Å². The normalized spacial score (nSPS) is 12.0. The minimum Gasteiger partial charge on any atom is -0.308 e. The number of fused-ring (bicyclic) bond motifs is 1. The lowest BCUT2D eigenvalue weighted by Gasteiger charge is -2.26. The second-order valence-electron chi connectivity index (χ2n) is 5.91. The van der Waals surface area contributed by atoms with E-state index >= 15 is 0 Å². The highest BCUT2D eigenvalue weighted by Crippen LogP contribution is 2.26. The second kappa shape index (κ2) is 5.72. The van der Waals surface area contributed by atoms with E-state index in [0.717, 1.165) is 13.2 Å². The minimum absolute atomic E-state index is 0.135. The number of benzene rings is 2. The monoisotopic (exact) mass is 256 g/mol. The van der Waals surface area contributed by atoms with Crippen LogP contribution in [0.15, 0.2) is 36.4 Å². The van der Waals surface area contributed by atoms with Gasteiger partial charge in [0.15, 0.2) is 0 Å². The van der Waals surface area contributed by atoms with Gasteiger partial charge in [-0.1, -0.05) is 55.8 Å². The average Bonchev–Trinajstić information content (AvgIpc) is 2.38. The predicted octanol–water partition coefficient (Wildman–Crippen LogP) is 3.19. The van der Waals surface area contributed by atoms with E-state index in [1.165, 1.54) is 21.9 Å². The van der Waals surface area contributed by atoms with Gasteiger partial charge in [-0.15, -0.1) is 0 Å². The SMILES string of the molecule is CNCNCC(C)(C)c1ccc2cc(C)ccc2c1. The Morgan fingerprint density at radius 2 is 1.68 bits per heavy atom. The second-order valence-corrected chi connectivity index (χ2v) is 5.91. The number of hydrogen-bond donors (Lipinski definition) is 2. The largest absolute Gasteiger partial charge is 0.308 e. The predicted molar refractivity (Wildman–Crippen MR) is 83.6 cm³/mol. The fourth-order valence-corrected chi connectivity index (χ4v) is 2.39. The average molecular weight is 256 g/mol. The van der Waals surface area contributed by atoms with Gasteiger partial charge in [-0.2, -0.15) is 0 Å². The summed E-state index contributed by atoms with van der Waals surface area (Å²) in [4.78, 5) is 0. The lowest BCUT2D eigenvalue weighted by molar-refractivity contribution is 0.461. The number of aryl methyl sites for hydroxylation is 1. The van der Waals surface area contributed by atoms with E-state index in [1.54, 1.807) is 0 Å². The number of nitrogens with one attached hydrogen (secondary N) is 2. The Morgan fingerprint density at radius 3 is 2.42 bits per heavy atom. The summed E-state index contributed by atoms with van der Waals surface area (Å²) in [6.45, 7) is 8.51. The van der Waals surface area contributed by atoms with Crippen molar-refractivity contribution in [2.45, 2.75) is 26.2 Å². The first-order valence-electron chi connectivity index (χ1n) is 6.89. The van der Waals surface area contributed by atoms with Crippen LogP contribution in [0.3, 0.4) is 0 Å². The molecule has 2 heteroatoms. The molecule has 19 heavy (non-hydrogen) atoms. The van der Waals surface area contributed by atoms with Gasteiger partial charge in [0.25, 0.3) is 0 Å². The Bertz CT molecular complexity index is 558. The molecule has 0 spiro atoms. The zero-order valence-corrected chi connectivity index (χ0v) is 12.4. The Labute approximate surface area is 116 Å². The molecule has 2 nitrogen and oxygen atoms in total. The van der Waals surface area contributed by atoms with Crippen LogP contribution in [-0.4, -0.2) is 20.3 Å². The van der Waals surface area contributed by atoms with E-state index < -0.39 is 0 Å². The summed E-state index contributed by atoms with van der Waals surface area (Å²) in [6.07, 6.45) is 0. The minimum atomic E-state index is 0.135. The number of rotatable bonds is 5. The first-order chi connectivity index (χ1) is 9.03. The first-order valence-corrected chi connectivity index (χ1v) is 6.89. The molecular formula is C17H24N2. The smallest absolute Gasteiger partial charge is 0.0452 e. The van der Waals surface area contributed by atoms with E-state index in [1.807, 2.05) is 7.05 Å². The topological polar surface area (TPSA) is 24.1 Å². The molecule has 0 fully saturated rings. The van der Waals surface area contributed by atoms with Gasteiger partial charge in [-0.05, 0) is 30.3 Å². The van der Waals surface area contributed by atoms with Crippen molar-refractivity contribution in [1.29, 1.82) is 0 Å². The highest BCUT2D eigenvalue weighted by atomic mass is 15.0. The Kier molecular flexibility index (Phi) is 4.23. The molecule has 0 saturated heterocycles. The maximum atomic E-state index is 3.42. The molecule has 2 rings (SSSR count). The van der Waals surface area contributed by atoms with Crippen molar-refractivity contribution in [1.82, 2.24) is 10.6 Å². The molecule has 0 aliphatic rings. The van der Waals surface area contributed by atoms with Crippen LogP contribution in [0.4, 0.5) is 0 Å². The van der Waals surface area contributed by atoms with Crippen LogP contribution in [0.25, 0.3) is 10.8 Å². The maximum absolute atomic E-state index is 3.42. The standard InChI is InChI=1S/C17H24N2/c1-13-5-6-15-10-16(8-7-14(15)9-13)17(2,3)11-19-12-18-4/h5-10,18-19H,11-12H2,1-4H3. The summed E-state index contributed by atoms with van der Waals surface area (Å²) in [5, 5.41) is 9.18. The molecule has 0 heterocycles. The lowest BCUT2D eigenvalue weighted by Crippen LogP contribution is -2.37. The maximum Gasteiger partial charge on any atom is 0.0452 e. The fourth-order valence-electron chi connectivity index (χ4n) is 2.39. The van der Waals surface area contributed by atoms with Crippen LogP contribution in [0.2, 0.25) is 0 Å². The quantitative estimate of drug-likeness (QED) is 0.634. The van der Waals surface area contributed by atoms with Crippen LogP contribution in [0.1, 0.15) is 25.0 Å². The van der Waals surface area contributed by atoms with E-state index in [4.69, 9.17) is 0 Å². The summed E-state index contributed by atoms with van der Waals surface area (Å²) in [7, 11) is 1.96. The van der Waals surface area contributed by atoms with Crippen LogP contribution in [0.5, 0.6) is 0 Å². The third-order valence-corrected chi connectivity index (χ3v) is 3.65. The van der Waals surface area contributed by atoms with E-state index in [9.17, 15) is 0 Å². The summed E-state index contributed by atoms with van der Waals surface area (Å²) >= 11 is 0. The zero-order valence-electron chi connectivity index (χ0n) is 12.4. The number of hydrogen-bond acceptors (Lipinski definition) is 2. The summed E-state index contributed by atoms with van der Waals surface area (Å²) < 4.78 is 0. The Hall–Kier alpha value is -1.38. The van der Waals surface area contributed by atoms with E-state index in [0.29, 0.717) is 0 Å². The van der Waals surface area contributed by atoms with Gasteiger partial charge in [0.2, 0.25) is 0 Å². The summed E-state index contributed by atoms with van der Waals surface area (Å²) in [5.41, 5.74) is 2.83. The van der Waals surface area contributed by atoms with Gasteiger partial charge >= 0.3 is 0 Å². The van der Waals surface area contributed by atoms with Crippen LogP contribution in [0, 0.1) is 6.92 Å². The molecule has 2 aromatic rings. The molecule has 2 N–H and O–H groups in total. The molecule has 0 amide bonds. The highest BCUT2D eigenvalue weighted by molar-refractivity contribution is 5.84. The third kappa shape index (κ3) is 3.34. The molecule has 0 radical (unpaired) electrons. The van der Waals surface area contributed by atoms with Gasteiger partial charge in [0, 0.05) is 18.6 Å². The summed E-state index contributed by atoms with van der Waals surface area (Å²) in [6, 6.07) is 13.4. The van der Waals surface area contributed by atoms with Crippen molar-refractivity contribution in [2.24, 2.45) is 0 Å². The Morgan fingerprint density at radius 1 is 1.00 bits per heavy atom. The molecule has 102 valence electrons. The van der Waals surface area contributed by atoms with E-state index in [-0.39, 0.29) is 5.41 Å². The van der Waals surface area contributed by atoms with Gasteiger partial charge in [0.05, 0.1) is 0 Å². The first kappa shape index (κ1) is 14.0. The molecule has 0 aliphatic carbocycles. The van der Waals surface area contributed by atoms with Crippen LogP contribution >= 0.6 is 0 Å². The highest BCUT2D eigenvalue weighted by Gasteiger charge is 2.20. The molecule has 0 bridgehead atoms. The van der Waals surface area contributed by atoms with Crippen molar-refractivity contribution in [2.75, 3.05) is 20.3 Å². The summed E-state index contributed by atoms with van der Waals surface area (Å²) in [5.74, 6) is 0. The van der Waals surface area contributed by atoms with Crippen molar-refractivity contribution in [3.05, 3.63) is 47.5 Å². The van der Waals surface area contributed by atoms with Gasteiger partial charge in [-0.25, -0.2) is 0 Å². The lowest BCUT2D eigenvalue weighted by atomic mass is 9.83. The fraction of sp³-hybridized carbons (Fsp3) is 0.412. The molecule has 0 unspecified atom stereocenters. The molecule has 0 aromatic heterocycles. The zero-order chi connectivity index (χ0) is 13.9. The van der Waals surface area contributed by atoms with Gasteiger partial charge in [0.1, 0.15) is 0 Å². The van der Waals surface area contributed by atoms with Crippen LogP contribution in [-0.2, 0) is 5.41 Å². The molecule has 0 atom stereocenters. The third-order valence-electron chi connectivity index (χ3n) is 3.65. The van der Waals surface area contributed by atoms with Gasteiger partial charge < -0.3 is 10.6 Å². The van der Waals surface area contributed by atoms with Crippen LogP contribution < -0.4 is 10.6 Å². The molecule has 2 aromatic carbocycles. The van der Waals surface area contributed by atoms with Crippen molar-refractivity contribution in [3.8, 4) is 0 Å². The van der Waals surface area contributed by atoms with Crippen molar-refractivity contribution >= 4 is 10.8 Å². The van der Waals surface area contributed by atoms with Gasteiger partial charge in [-0.3, -0.25) is 0 Å². The Balaban J connectivity index is 2.26.